The van der Waals surface area contributed by atoms with Crippen molar-refractivity contribution in [2.45, 2.75) is 46.6 Å². The molecule has 0 unspecified atom stereocenters. The molecule has 0 aromatic heterocycles. The average molecular weight is 264 g/mol. The second kappa shape index (κ2) is 5.87. The van der Waals surface area contributed by atoms with Crippen molar-refractivity contribution in [2.75, 3.05) is 0 Å². The third-order valence-electron chi connectivity index (χ3n) is 2.46. The van der Waals surface area contributed by atoms with Gasteiger partial charge in [-0.3, -0.25) is 4.79 Å². The first kappa shape index (κ1) is 15.2. The molecule has 1 aromatic rings. The van der Waals surface area contributed by atoms with Crippen LogP contribution < -0.4 is 10.2 Å². The Hall–Kier alpha value is -1.84. The molecule has 0 amide bonds. The summed E-state index contributed by atoms with van der Waals surface area (Å²) in [7, 11) is 0. The van der Waals surface area contributed by atoms with Gasteiger partial charge in [-0.15, -0.1) is 0 Å². The van der Waals surface area contributed by atoms with Gasteiger partial charge < -0.3 is 9.47 Å². The van der Waals surface area contributed by atoms with Gasteiger partial charge in [0.15, 0.2) is 5.75 Å². The molecule has 0 bridgehead atoms. The quantitative estimate of drug-likeness (QED) is 0.769. The number of carbonyl (C=O) groups is 1. The van der Waals surface area contributed by atoms with Crippen molar-refractivity contribution in [1.82, 2.24) is 0 Å². The van der Waals surface area contributed by atoms with E-state index in [9.17, 15) is 9.59 Å². The van der Waals surface area contributed by atoms with E-state index in [-0.39, 0.29) is 11.2 Å². The Morgan fingerprint density at radius 2 is 1.89 bits per heavy atom. The van der Waals surface area contributed by atoms with Crippen LogP contribution >= 0.6 is 0 Å². The number of aryl methyl sites for hydroxylation is 2. The minimum absolute atomic E-state index is 0.0381. The zero-order chi connectivity index (χ0) is 14.6. The van der Waals surface area contributed by atoms with Gasteiger partial charge in [0.1, 0.15) is 5.60 Å². The lowest BCUT2D eigenvalue weighted by molar-refractivity contribution is 0.0202. The van der Waals surface area contributed by atoms with E-state index in [1.54, 1.807) is 45.9 Å². The number of ether oxygens (including phenoxy) is 2. The van der Waals surface area contributed by atoms with Crippen molar-refractivity contribution in [1.29, 1.82) is 0 Å². The maximum absolute atomic E-state index is 12.2. The zero-order valence-electron chi connectivity index (χ0n) is 12.1. The van der Waals surface area contributed by atoms with Crippen molar-refractivity contribution in [3.05, 3.63) is 39.5 Å². The lowest BCUT2D eigenvalue weighted by Gasteiger charge is -2.18. The van der Waals surface area contributed by atoms with E-state index in [2.05, 4.69) is 0 Å². The summed E-state index contributed by atoms with van der Waals surface area (Å²) in [6, 6.07) is 5.25. The summed E-state index contributed by atoms with van der Waals surface area (Å²) in [5.41, 5.74) is 0.288. The number of hydrogen-bond donors (Lipinski definition) is 0. The van der Waals surface area contributed by atoms with Crippen LogP contribution in [0.2, 0.25) is 0 Å². The fraction of sp³-hybridized carbons (Fsp3) is 0.467. The fourth-order valence-corrected chi connectivity index (χ4v) is 1.54. The van der Waals surface area contributed by atoms with Crippen LogP contribution in [0.4, 0.5) is 4.79 Å². The summed E-state index contributed by atoms with van der Waals surface area (Å²) in [5.74, 6) is 0.0381. The maximum Gasteiger partial charge on any atom is 0.514 e. The van der Waals surface area contributed by atoms with Crippen molar-refractivity contribution in [2.24, 2.45) is 0 Å². The van der Waals surface area contributed by atoms with Gasteiger partial charge in [0.05, 0.1) is 0 Å². The summed E-state index contributed by atoms with van der Waals surface area (Å²) < 4.78 is 10.1. The van der Waals surface area contributed by atoms with Gasteiger partial charge in [-0.05, 0) is 39.7 Å². The van der Waals surface area contributed by atoms with E-state index >= 15 is 0 Å². The van der Waals surface area contributed by atoms with Gasteiger partial charge in [0.2, 0.25) is 5.43 Å². The zero-order valence-corrected chi connectivity index (χ0v) is 12.1. The Bertz CT molecular complexity index is 527. The molecule has 0 aliphatic carbocycles. The molecule has 0 saturated heterocycles. The number of rotatable bonds is 2. The van der Waals surface area contributed by atoms with E-state index in [0.29, 0.717) is 17.5 Å². The summed E-state index contributed by atoms with van der Waals surface area (Å²) in [5, 5.41) is 0. The van der Waals surface area contributed by atoms with E-state index < -0.39 is 11.8 Å². The highest BCUT2D eigenvalue weighted by Crippen LogP contribution is 2.15. The highest BCUT2D eigenvalue weighted by molar-refractivity contribution is 5.65. The Kier molecular flexibility index (Phi) is 4.70. The molecule has 19 heavy (non-hydrogen) atoms. The molecule has 0 saturated carbocycles. The highest BCUT2D eigenvalue weighted by atomic mass is 16.7. The van der Waals surface area contributed by atoms with Crippen LogP contribution in [0.3, 0.4) is 0 Å². The Balaban J connectivity index is 3.12. The van der Waals surface area contributed by atoms with E-state index in [1.165, 1.54) is 0 Å². The predicted molar refractivity (Wildman–Crippen MR) is 73.7 cm³/mol. The summed E-state index contributed by atoms with van der Waals surface area (Å²) in [6.07, 6.45) is -0.279. The monoisotopic (exact) mass is 264 g/mol. The Morgan fingerprint density at radius 3 is 2.42 bits per heavy atom. The third-order valence-corrected chi connectivity index (χ3v) is 2.46. The van der Waals surface area contributed by atoms with Crippen molar-refractivity contribution >= 4 is 6.16 Å². The number of hydrogen-bond acceptors (Lipinski definition) is 4. The van der Waals surface area contributed by atoms with Gasteiger partial charge in [0.25, 0.3) is 0 Å². The van der Waals surface area contributed by atoms with Crippen LogP contribution in [0.15, 0.2) is 23.0 Å². The minimum atomic E-state index is -0.860. The lowest BCUT2D eigenvalue weighted by Crippen LogP contribution is -2.27. The molecule has 0 heterocycles. The van der Waals surface area contributed by atoms with Crippen LogP contribution in [0.1, 0.15) is 38.8 Å². The molecule has 4 nitrogen and oxygen atoms in total. The first-order valence-corrected chi connectivity index (χ1v) is 6.28. The number of carbonyl (C=O) groups excluding carboxylic acids is 1. The Morgan fingerprint density at radius 1 is 1.26 bits per heavy atom. The standard InChI is InChI=1S/C15H20O4/c1-6-11-9-7-8-10(2)13(12(11)16)18-14(17)19-15(3,4)5/h7-9H,6H2,1-5H3. The third kappa shape index (κ3) is 4.39. The SMILES string of the molecule is CCc1cccc(C)c(OC(=O)OC(C)(C)C)c1=O. The molecule has 4 heteroatoms. The minimum Gasteiger partial charge on any atom is -0.428 e. The van der Waals surface area contributed by atoms with Crippen LogP contribution in [-0.2, 0) is 11.2 Å². The van der Waals surface area contributed by atoms with Crippen molar-refractivity contribution in [3.8, 4) is 5.75 Å². The first-order valence-electron chi connectivity index (χ1n) is 6.28. The molecule has 0 spiro atoms. The summed E-state index contributed by atoms with van der Waals surface area (Å²) >= 11 is 0. The molecular formula is C15H20O4. The summed E-state index contributed by atoms with van der Waals surface area (Å²) in [6.45, 7) is 8.81. The normalized spacial score (nSPS) is 11.0. The molecule has 1 rings (SSSR count). The summed E-state index contributed by atoms with van der Waals surface area (Å²) in [4.78, 5) is 23.8. The van der Waals surface area contributed by atoms with Crippen LogP contribution in [0, 0.1) is 6.92 Å². The van der Waals surface area contributed by atoms with Crippen molar-refractivity contribution in [3.63, 3.8) is 0 Å². The van der Waals surface area contributed by atoms with Crippen LogP contribution in [0.5, 0.6) is 5.75 Å². The largest absolute Gasteiger partial charge is 0.514 e. The molecule has 0 N–H and O–H groups in total. The Labute approximate surface area is 113 Å². The molecule has 0 fully saturated rings. The van der Waals surface area contributed by atoms with Gasteiger partial charge in [-0.2, -0.15) is 0 Å². The fourth-order valence-electron chi connectivity index (χ4n) is 1.54. The molecule has 0 aliphatic rings. The molecule has 1 aromatic carbocycles. The highest BCUT2D eigenvalue weighted by Gasteiger charge is 2.20. The van der Waals surface area contributed by atoms with Gasteiger partial charge in [-0.1, -0.05) is 25.1 Å². The predicted octanol–water partition coefficient (Wildman–Crippen LogP) is 3.23. The van der Waals surface area contributed by atoms with Gasteiger partial charge in [-0.25, -0.2) is 4.79 Å². The molecule has 0 radical (unpaired) electrons. The van der Waals surface area contributed by atoms with Crippen LogP contribution in [0.25, 0.3) is 0 Å². The van der Waals surface area contributed by atoms with E-state index in [1.807, 2.05) is 6.92 Å². The lowest BCUT2D eigenvalue weighted by atomic mass is 10.2. The average Bonchev–Trinajstić information content (AvgIpc) is 2.39. The molecule has 0 atom stereocenters. The van der Waals surface area contributed by atoms with Gasteiger partial charge in [0, 0.05) is 5.56 Å². The molecule has 0 aliphatic heterocycles. The van der Waals surface area contributed by atoms with E-state index in [4.69, 9.17) is 9.47 Å². The topological polar surface area (TPSA) is 52.6 Å². The second-order valence-electron chi connectivity index (χ2n) is 5.31. The first-order chi connectivity index (χ1) is 8.74. The second-order valence-corrected chi connectivity index (χ2v) is 5.31. The smallest absolute Gasteiger partial charge is 0.428 e. The maximum atomic E-state index is 12.2. The molecular weight excluding hydrogens is 244 g/mol. The molecule has 104 valence electrons. The van der Waals surface area contributed by atoms with Crippen LogP contribution in [-0.4, -0.2) is 11.8 Å². The van der Waals surface area contributed by atoms with Gasteiger partial charge >= 0.3 is 6.16 Å². The van der Waals surface area contributed by atoms with E-state index in [0.717, 1.165) is 0 Å². The van der Waals surface area contributed by atoms with Crippen molar-refractivity contribution < 1.29 is 14.3 Å².